The summed E-state index contributed by atoms with van der Waals surface area (Å²) in [6.07, 6.45) is 3.27. The van der Waals surface area contributed by atoms with E-state index in [9.17, 15) is 19.2 Å². The maximum atomic E-state index is 13.3. The van der Waals surface area contributed by atoms with Crippen molar-refractivity contribution in [1.82, 2.24) is 9.88 Å². The number of anilines is 1. The Kier molecular flexibility index (Phi) is 8.14. The van der Waals surface area contributed by atoms with Crippen LogP contribution in [0.2, 0.25) is 0 Å². The van der Waals surface area contributed by atoms with E-state index in [-0.39, 0.29) is 35.7 Å². The zero-order chi connectivity index (χ0) is 22.3. The second kappa shape index (κ2) is 10.6. The lowest BCUT2D eigenvalue weighted by Gasteiger charge is -2.28. The normalized spacial score (nSPS) is 13.9. The number of nitrogens with zero attached hydrogens (tertiary/aromatic N) is 2. The largest absolute Gasteiger partial charge is 0.464 e. The molecule has 0 aliphatic heterocycles. The predicted octanol–water partition coefficient (Wildman–Crippen LogP) is 1.74. The first-order valence-corrected chi connectivity index (χ1v) is 9.79. The van der Waals surface area contributed by atoms with E-state index in [2.05, 4.69) is 10.3 Å². The van der Waals surface area contributed by atoms with Gasteiger partial charge in [0, 0.05) is 12.2 Å². The minimum atomic E-state index is -0.818. The molecule has 1 aliphatic carbocycles. The minimum Gasteiger partial charge on any atom is -0.464 e. The molecule has 10 nitrogen and oxygen atoms in total. The SMILES string of the molecule is CCOC(=O)C(C)N(C(=O)c1nccc(NC=O)c1OCOC(=O)C(C)C)C1CC1. The van der Waals surface area contributed by atoms with Gasteiger partial charge in [0.25, 0.3) is 5.91 Å². The van der Waals surface area contributed by atoms with Gasteiger partial charge in [0.15, 0.2) is 11.4 Å². The quantitative estimate of drug-likeness (QED) is 0.325. The third kappa shape index (κ3) is 5.68. The van der Waals surface area contributed by atoms with Crippen molar-refractivity contribution in [2.24, 2.45) is 5.92 Å². The second-order valence-corrected chi connectivity index (χ2v) is 7.05. The Hall–Kier alpha value is -3.17. The average molecular weight is 421 g/mol. The fraction of sp³-hybridized carbons (Fsp3) is 0.550. The van der Waals surface area contributed by atoms with Crippen LogP contribution >= 0.6 is 0 Å². The number of amides is 2. The summed E-state index contributed by atoms with van der Waals surface area (Å²) < 4.78 is 15.6. The molecule has 10 heteroatoms. The number of carbonyl (C=O) groups is 4. The molecule has 1 unspecified atom stereocenters. The van der Waals surface area contributed by atoms with Crippen molar-refractivity contribution in [3.05, 3.63) is 18.0 Å². The molecule has 1 atom stereocenters. The van der Waals surface area contributed by atoms with Gasteiger partial charge in [0.1, 0.15) is 6.04 Å². The topological polar surface area (TPSA) is 124 Å². The molecular formula is C20H27N3O7. The highest BCUT2D eigenvalue weighted by molar-refractivity contribution is 6.00. The van der Waals surface area contributed by atoms with Crippen LogP contribution in [-0.2, 0) is 23.9 Å². The third-order valence-electron chi connectivity index (χ3n) is 4.42. The van der Waals surface area contributed by atoms with Crippen LogP contribution in [0.5, 0.6) is 5.75 Å². The molecule has 1 aromatic heterocycles. The molecule has 2 amide bonds. The molecule has 0 spiro atoms. The lowest BCUT2D eigenvalue weighted by atomic mass is 10.2. The van der Waals surface area contributed by atoms with Crippen molar-refractivity contribution >= 4 is 29.9 Å². The Morgan fingerprint density at radius 2 is 1.93 bits per heavy atom. The highest BCUT2D eigenvalue weighted by Gasteiger charge is 2.41. The van der Waals surface area contributed by atoms with Gasteiger partial charge in [-0.2, -0.15) is 0 Å². The highest BCUT2D eigenvalue weighted by atomic mass is 16.7. The molecule has 1 fully saturated rings. The summed E-state index contributed by atoms with van der Waals surface area (Å²) in [6, 6.07) is 0.509. The van der Waals surface area contributed by atoms with Gasteiger partial charge in [0.05, 0.1) is 18.2 Å². The van der Waals surface area contributed by atoms with Crippen LogP contribution in [0.3, 0.4) is 0 Å². The second-order valence-electron chi connectivity index (χ2n) is 7.05. The van der Waals surface area contributed by atoms with Gasteiger partial charge in [-0.3, -0.25) is 14.4 Å². The van der Waals surface area contributed by atoms with Gasteiger partial charge in [-0.1, -0.05) is 13.8 Å². The Morgan fingerprint density at radius 3 is 2.50 bits per heavy atom. The summed E-state index contributed by atoms with van der Waals surface area (Å²) in [7, 11) is 0. The van der Waals surface area contributed by atoms with E-state index in [1.807, 2.05) is 0 Å². The van der Waals surface area contributed by atoms with Crippen LogP contribution in [0, 0.1) is 5.92 Å². The number of aromatic nitrogens is 1. The monoisotopic (exact) mass is 421 g/mol. The van der Waals surface area contributed by atoms with Crippen molar-refractivity contribution < 1.29 is 33.4 Å². The van der Waals surface area contributed by atoms with E-state index in [4.69, 9.17) is 14.2 Å². The third-order valence-corrected chi connectivity index (χ3v) is 4.42. The van der Waals surface area contributed by atoms with Crippen molar-refractivity contribution in [1.29, 1.82) is 0 Å². The van der Waals surface area contributed by atoms with Crippen molar-refractivity contribution in [2.75, 3.05) is 18.7 Å². The number of nitrogens with one attached hydrogen (secondary N) is 1. The zero-order valence-corrected chi connectivity index (χ0v) is 17.5. The van der Waals surface area contributed by atoms with Gasteiger partial charge in [0.2, 0.25) is 13.2 Å². The first-order chi connectivity index (χ1) is 14.3. The summed E-state index contributed by atoms with van der Waals surface area (Å²) in [5.41, 5.74) is 0.0778. The highest BCUT2D eigenvalue weighted by Crippen LogP contribution is 2.34. The van der Waals surface area contributed by atoms with Crippen LogP contribution in [0.4, 0.5) is 5.69 Å². The molecule has 2 rings (SSSR count). The van der Waals surface area contributed by atoms with E-state index < -0.39 is 30.7 Å². The Morgan fingerprint density at radius 1 is 1.23 bits per heavy atom. The number of ether oxygens (including phenoxy) is 3. The van der Waals surface area contributed by atoms with E-state index in [1.54, 1.807) is 27.7 Å². The standard InChI is InChI=1S/C20H27N3O7/c1-5-28-20(27)13(4)23(14-6-7-14)18(25)16-17(15(22-10-24)8-9-21-16)29-11-30-19(26)12(2)3/h8-10,12-14H,5-7,11H2,1-4H3,(H,21,22,24). The van der Waals surface area contributed by atoms with Crippen LogP contribution in [0.25, 0.3) is 0 Å². The zero-order valence-electron chi connectivity index (χ0n) is 17.5. The Bertz CT molecular complexity index is 793. The first-order valence-electron chi connectivity index (χ1n) is 9.79. The summed E-state index contributed by atoms with van der Waals surface area (Å²) in [4.78, 5) is 53.7. The van der Waals surface area contributed by atoms with Crippen molar-refractivity contribution in [3.8, 4) is 5.75 Å². The molecular weight excluding hydrogens is 394 g/mol. The molecule has 1 saturated carbocycles. The molecule has 164 valence electrons. The summed E-state index contributed by atoms with van der Waals surface area (Å²) >= 11 is 0. The number of carbonyl (C=O) groups excluding carboxylic acids is 4. The molecule has 1 aromatic rings. The van der Waals surface area contributed by atoms with Gasteiger partial charge in [-0.15, -0.1) is 0 Å². The summed E-state index contributed by atoms with van der Waals surface area (Å²) in [6.45, 7) is 6.35. The van der Waals surface area contributed by atoms with E-state index in [0.29, 0.717) is 6.41 Å². The molecule has 0 saturated heterocycles. The molecule has 30 heavy (non-hydrogen) atoms. The maximum absolute atomic E-state index is 13.3. The van der Waals surface area contributed by atoms with Gasteiger partial charge < -0.3 is 24.4 Å². The first kappa shape index (κ1) is 23.1. The summed E-state index contributed by atoms with van der Waals surface area (Å²) in [5, 5.41) is 2.44. The number of hydrogen-bond acceptors (Lipinski definition) is 8. The van der Waals surface area contributed by atoms with E-state index in [0.717, 1.165) is 12.8 Å². The van der Waals surface area contributed by atoms with Gasteiger partial charge >= 0.3 is 11.9 Å². The fourth-order valence-electron chi connectivity index (χ4n) is 2.75. The van der Waals surface area contributed by atoms with Crippen LogP contribution in [-0.4, -0.2) is 59.6 Å². The van der Waals surface area contributed by atoms with E-state index >= 15 is 0 Å². The Labute approximate surface area is 174 Å². The molecule has 0 radical (unpaired) electrons. The molecule has 0 aromatic carbocycles. The van der Waals surface area contributed by atoms with Crippen LogP contribution in [0.15, 0.2) is 12.3 Å². The average Bonchev–Trinajstić information content (AvgIpc) is 3.54. The Balaban J connectivity index is 2.32. The maximum Gasteiger partial charge on any atom is 0.328 e. The number of hydrogen-bond donors (Lipinski definition) is 1. The lowest BCUT2D eigenvalue weighted by molar-refractivity contribution is -0.154. The number of rotatable bonds is 11. The van der Waals surface area contributed by atoms with Crippen molar-refractivity contribution in [3.63, 3.8) is 0 Å². The van der Waals surface area contributed by atoms with Gasteiger partial charge in [-0.05, 0) is 32.8 Å². The van der Waals surface area contributed by atoms with E-state index in [1.165, 1.54) is 17.2 Å². The molecule has 0 bridgehead atoms. The predicted molar refractivity (Wildman–Crippen MR) is 106 cm³/mol. The smallest absolute Gasteiger partial charge is 0.328 e. The van der Waals surface area contributed by atoms with Crippen LogP contribution in [0.1, 0.15) is 51.0 Å². The molecule has 1 aliphatic rings. The lowest BCUT2D eigenvalue weighted by Crippen LogP contribution is -2.46. The summed E-state index contributed by atoms with van der Waals surface area (Å²) in [5.74, 6) is -1.95. The van der Waals surface area contributed by atoms with Crippen molar-refractivity contribution in [2.45, 2.75) is 52.6 Å². The number of pyridine rings is 1. The fourth-order valence-corrected chi connectivity index (χ4v) is 2.75. The van der Waals surface area contributed by atoms with Gasteiger partial charge in [-0.25, -0.2) is 9.78 Å². The van der Waals surface area contributed by atoms with Crippen LogP contribution < -0.4 is 10.1 Å². The number of esters is 2. The molecule has 1 N–H and O–H groups in total. The molecule has 1 heterocycles. The minimum absolute atomic E-state index is 0.0483.